The van der Waals surface area contributed by atoms with Crippen molar-refractivity contribution in [2.75, 3.05) is 13.2 Å². The number of aryl methyl sites for hydroxylation is 2. The number of benzene rings is 1. The molecule has 0 aliphatic heterocycles. The largest absolute Gasteiger partial charge is 0.482 e. The summed E-state index contributed by atoms with van der Waals surface area (Å²) in [5.74, 6) is 2.27. The van der Waals surface area contributed by atoms with Crippen molar-refractivity contribution in [3.8, 4) is 5.75 Å². The number of hydrogen-bond acceptors (Lipinski definition) is 4. The highest BCUT2D eigenvalue weighted by atomic mass is 16.6. The number of carbonyl (C=O) groups is 2. The fourth-order valence-corrected chi connectivity index (χ4v) is 5.88. The molecule has 5 rings (SSSR count). The molecule has 0 unspecified atom stereocenters. The predicted octanol–water partition coefficient (Wildman–Crippen LogP) is 3.31. The molecule has 4 fully saturated rings. The van der Waals surface area contributed by atoms with Gasteiger partial charge in [0.05, 0.1) is 0 Å². The van der Waals surface area contributed by atoms with Crippen LogP contribution in [0.1, 0.15) is 49.7 Å². The third-order valence-corrected chi connectivity index (χ3v) is 6.48. The van der Waals surface area contributed by atoms with Crippen LogP contribution in [-0.4, -0.2) is 30.6 Å². The number of esters is 1. The van der Waals surface area contributed by atoms with E-state index < -0.39 is 5.97 Å². The van der Waals surface area contributed by atoms with Crippen LogP contribution in [-0.2, 0) is 14.3 Å². The summed E-state index contributed by atoms with van der Waals surface area (Å²) in [6.07, 6.45) is 7.27. The van der Waals surface area contributed by atoms with E-state index in [1.54, 1.807) is 0 Å². The minimum atomic E-state index is -0.518. The molecule has 5 nitrogen and oxygen atoms in total. The van der Waals surface area contributed by atoms with Crippen LogP contribution in [0.25, 0.3) is 0 Å². The second-order valence-electron chi connectivity index (χ2n) is 8.96. The third kappa shape index (κ3) is 4.12. The molecule has 1 amide bonds. The molecule has 0 saturated heterocycles. The van der Waals surface area contributed by atoms with Crippen molar-refractivity contribution in [2.45, 2.75) is 57.9 Å². The van der Waals surface area contributed by atoms with Crippen LogP contribution in [0.3, 0.4) is 0 Å². The Labute approximate surface area is 160 Å². The van der Waals surface area contributed by atoms with E-state index in [1.807, 2.05) is 32.0 Å². The van der Waals surface area contributed by atoms with Gasteiger partial charge in [-0.25, -0.2) is 4.79 Å². The molecule has 0 radical (unpaired) electrons. The van der Waals surface area contributed by atoms with Gasteiger partial charge in [-0.1, -0.05) is 17.7 Å². The van der Waals surface area contributed by atoms with Gasteiger partial charge in [0, 0.05) is 5.54 Å². The van der Waals surface area contributed by atoms with Gasteiger partial charge in [-0.05, 0) is 81.8 Å². The van der Waals surface area contributed by atoms with E-state index in [-0.39, 0.29) is 24.7 Å². The zero-order valence-electron chi connectivity index (χ0n) is 16.3. The van der Waals surface area contributed by atoms with Gasteiger partial charge in [-0.3, -0.25) is 4.79 Å². The Kier molecular flexibility index (Phi) is 4.87. The van der Waals surface area contributed by atoms with E-state index >= 15 is 0 Å². The van der Waals surface area contributed by atoms with E-state index in [4.69, 9.17) is 9.47 Å². The Bertz CT molecular complexity index is 707. The second kappa shape index (κ2) is 7.17. The maximum Gasteiger partial charge on any atom is 0.344 e. The first-order valence-corrected chi connectivity index (χ1v) is 10.1. The van der Waals surface area contributed by atoms with Crippen molar-refractivity contribution >= 4 is 11.9 Å². The molecule has 1 aromatic rings. The fourth-order valence-electron chi connectivity index (χ4n) is 5.88. The summed E-state index contributed by atoms with van der Waals surface area (Å²) in [6.45, 7) is 3.53. The molecular formula is C22H29NO4. The number of rotatable bonds is 6. The summed E-state index contributed by atoms with van der Waals surface area (Å²) in [4.78, 5) is 24.3. The highest BCUT2D eigenvalue weighted by Gasteiger charge is 2.51. The summed E-state index contributed by atoms with van der Waals surface area (Å²) >= 11 is 0. The van der Waals surface area contributed by atoms with Gasteiger partial charge in [0.15, 0.2) is 13.2 Å². The quantitative estimate of drug-likeness (QED) is 0.779. The van der Waals surface area contributed by atoms with Crippen molar-refractivity contribution in [1.29, 1.82) is 0 Å². The summed E-state index contributed by atoms with van der Waals surface area (Å²) in [6, 6.07) is 5.78. The molecule has 4 aliphatic carbocycles. The molecule has 27 heavy (non-hydrogen) atoms. The van der Waals surface area contributed by atoms with E-state index in [2.05, 4.69) is 5.32 Å². The van der Waals surface area contributed by atoms with Gasteiger partial charge >= 0.3 is 5.97 Å². The van der Waals surface area contributed by atoms with Crippen LogP contribution >= 0.6 is 0 Å². The molecule has 5 heteroatoms. The Morgan fingerprint density at radius 2 is 1.67 bits per heavy atom. The summed E-state index contributed by atoms with van der Waals surface area (Å²) in [5.41, 5.74) is 2.07. The van der Waals surface area contributed by atoms with Crippen LogP contribution in [0.2, 0.25) is 0 Å². The number of nitrogens with one attached hydrogen (secondary N) is 1. The van der Waals surface area contributed by atoms with Crippen LogP contribution in [0.5, 0.6) is 5.75 Å². The van der Waals surface area contributed by atoms with Gasteiger partial charge < -0.3 is 14.8 Å². The normalized spacial score (nSPS) is 30.8. The first kappa shape index (κ1) is 18.3. The zero-order chi connectivity index (χ0) is 19.0. The van der Waals surface area contributed by atoms with Gasteiger partial charge in [-0.2, -0.15) is 0 Å². The third-order valence-electron chi connectivity index (χ3n) is 6.48. The molecule has 0 spiro atoms. The summed E-state index contributed by atoms with van der Waals surface area (Å²) in [7, 11) is 0. The monoisotopic (exact) mass is 371 g/mol. The number of amides is 1. The Balaban J connectivity index is 1.23. The minimum absolute atomic E-state index is 0.0479. The lowest BCUT2D eigenvalue weighted by molar-refractivity contribution is -0.151. The maximum absolute atomic E-state index is 12.4. The molecule has 4 aliphatic rings. The summed E-state index contributed by atoms with van der Waals surface area (Å²) < 4.78 is 10.6. The van der Waals surface area contributed by atoms with Crippen LogP contribution in [0, 0.1) is 31.6 Å². The molecule has 0 heterocycles. The number of ether oxygens (including phenoxy) is 2. The molecule has 4 bridgehead atoms. The minimum Gasteiger partial charge on any atom is -0.482 e. The van der Waals surface area contributed by atoms with E-state index in [1.165, 1.54) is 19.3 Å². The lowest BCUT2D eigenvalue weighted by Crippen LogP contribution is -2.60. The van der Waals surface area contributed by atoms with Crippen molar-refractivity contribution in [3.05, 3.63) is 29.3 Å². The van der Waals surface area contributed by atoms with Crippen LogP contribution < -0.4 is 10.1 Å². The van der Waals surface area contributed by atoms with Crippen molar-refractivity contribution in [2.24, 2.45) is 17.8 Å². The summed E-state index contributed by atoms with van der Waals surface area (Å²) in [5, 5.41) is 3.21. The fraction of sp³-hybridized carbons (Fsp3) is 0.636. The number of carbonyl (C=O) groups excluding carboxylic acids is 2. The van der Waals surface area contributed by atoms with Gasteiger partial charge in [0.1, 0.15) is 5.75 Å². The van der Waals surface area contributed by atoms with Crippen LogP contribution in [0.15, 0.2) is 18.2 Å². The lowest BCUT2D eigenvalue weighted by atomic mass is 9.53. The Morgan fingerprint density at radius 3 is 2.26 bits per heavy atom. The highest BCUT2D eigenvalue weighted by molar-refractivity contribution is 5.81. The van der Waals surface area contributed by atoms with E-state index in [9.17, 15) is 9.59 Å². The SMILES string of the molecule is Cc1ccc(OCC(=O)OCC(=O)NC23CC4CC(CC(C4)C2)C3)c(C)c1. The van der Waals surface area contributed by atoms with Gasteiger partial charge in [-0.15, -0.1) is 0 Å². The second-order valence-corrected chi connectivity index (χ2v) is 8.96. The Hall–Kier alpha value is -2.04. The highest BCUT2D eigenvalue weighted by Crippen LogP contribution is 2.55. The molecule has 0 atom stereocenters. The van der Waals surface area contributed by atoms with Gasteiger partial charge in [0.2, 0.25) is 0 Å². The zero-order valence-corrected chi connectivity index (χ0v) is 16.3. The van der Waals surface area contributed by atoms with Crippen molar-refractivity contribution in [3.63, 3.8) is 0 Å². The Morgan fingerprint density at radius 1 is 1.04 bits per heavy atom. The number of hydrogen-bond donors (Lipinski definition) is 1. The molecule has 4 saturated carbocycles. The smallest absolute Gasteiger partial charge is 0.344 e. The average Bonchev–Trinajstić information content (AvgIpc) is 2.57. The maximum atomic E-state index is 12.4. The van der Waals surface area contributed by atoms with Crippen molar-refractivity contribution < 1.29 is 19.1 Å². The van der Waals surface area contributed by atoms with E-state index in [0.717, 1.165) is 48.1 Å². The van der Waals surface area contributed by atoms with Gasteiger partial charge in [0.25, 0.3) is 5.91 Å². The molecule has 1 N–H and O–H groups in total. The van der Waals surface area contributed by atoms with Crippen LogP contribution in [0.4, 0.5) is 0 Å². The molecular weight excluding hydrogens is 342 g/mol. The molecule has 0 aromatic heterocycles. The first-order chi connectivity index (χ1) is 12.9. The standard InChI is InChI=1S/C22H29NO4/c1-14-3-4-19(15(2)5-14)26-13-21(25)27-12-20(24)23-22-9-16-6-17(10-22)8-18(7-16)11-22/h3-5,16-18H,6-13H2,1-2H3,(H,23,24). The topological polar surface area (TPSA) is 64.6 Å². The average molecular weight is 371 g/mol. The molecule has 146 valence electrons. The molecule has 1 aromatic carbocycles. The van der Waals surface area contributed by atoms with E-state index in [0.29, 0.717) is 5.75 Å². The van der Waals surface area contributed by atoms with Crippen molar-refractivity contribution in [1.82, 2.24) is 5.32 Å². The lowest BCUT2D eigenvalue weighted by Gasteiger charge is -2.56. The first-order valence-electron chi connectivity index (χ1n) is 10.1. The predicted molar refractivity (Wildman–Crippen MR) is 101 cm³/mol.